The van der Waals surface area contributed by atoms with Crippen molar-refractivity contribution in [2.45, 2.75) is 25.4 Å². The first kappa shape index (κ1) is 18.7. The van der Waals surface area contributed by atoms with Crippen LogP contribution in [0.3, 0.4) is 0 Å². The number of quaternary nitrogens is 1. The number of rotatable bonds is 2. The molecule has 27 heavy (non-hydrogen) atoms. The molecule has 2 aromatic carbocycles. The maximum absolute atomic E-state index is 5.72. The Morgan fingerprint density at radius 3 is 2.56 bits per heavy atom. The fourth-order valence-corrected chi connectivity index (χ4v) is 4.88. The summed E-state index contributed by atoms with van der Waals surface area (Å²) >= 11 is 0. The zero-order valence-electron chi connectivity index (χ0n) is 15.9. The van der Waals surface area contributed by atoms with Crippen LogP contribution in [-0.4, -0.2) is 39.1 Å². The predicted octanol–water partition coefficient (Wildman–Crippen LogP) is 0.237. The molecular formula is C21H24INO4. The third-order valence-corrected chi connectivity index (χ3v) is 6.32. The van der Waals surface area contributed by atoms with Gasteiger partial charge in [0.1, 0.15) is 12.6 Å². The van der Waals surface area contributed by atoms with E-state index in [0.717, 1.165) is 53.4 Å². The molecular weight excluding hydrogens is 457 g/mol. The van der Waals surface area contributed by atoms with Crippen LogP contribution in [0.4, 0.5) is 0 Å². The molecule has 0 N–H and O–H groups in total. The molecule has 0 amide bonds. The van der Waals surface area contributed by atoms with E-state index < -0.39 is 0 Å². The largest absolute Gasteiger partial charge is 1.00 e. The van der Waals surface area contributed by atoms with E-state index in [9.17, 15) is 0 Å². The molecule has 144 valence electrons. The lowest BCUT2D eigenvalue weighted by Crippen LogP contribution is -3.00. The molecule has 2 atom stereocenters. The van der Waals surface area contributed by atoms with Crippen molar-refractivity contribution in [2.24, 2.45) is 0 Å². The lowest BCUT2D eigenvalue weighted by molar-refractivity contribution is -0.956. The van der Waals surface area contributed by atoms with Crippen molar-refractivity contribution >= 4 is 0 Å². The molecule has 6 heteroatoms. The Balaban J connectivity index is 0.00000180. The van der Waals surface area contributed by atoms with Gasteiger partial charge in [-0.05, 0) is 29.3 Å². The Labute approximate surface area is 176 Å². The first-order valence-electron chi connectivity index (χ1n) is 9.12. The summed E-state index contributed by atoms with van der Waals surface area (Å²) in [5.74, 6) is 3.48. The second kappa shape index (κ2) is 6.74. The highest BCUT2D eigenvalue weighted by molar-refractivity contribution is 5.54. The minimum Gasteiger partial charge on any atom is -1.00 e. The Morgan fingerprint density at radius 1 is 1.04 bits per heavy atom. The van der Waals surface area contributed by atoms with Gasteiger partial charge >= 0.3 is 0 Å². The number of halogens is 1. The minimum atomic E-state index is 0. The summed E-state index contributed by atoms with van der Waals surface area (Å²) in [6, 6.07) is 9.05. The number of hydrogen-bond acceptors (Lipinski definition) is 4. The summed E-state index contributed by atoms with van der Waals surface area (Å²) in [4.78, 5) is 0. The SMILES string of the molecule is COc1ccc2c(c1OC)C[N@+]1(C)CCc3cc4c(cc3[C@H]1C2)OCO4.[I-]. The van der Waals surface area contributed by atoms with Gasteiger partial charge in [0, 0.05) is 18.4 Å². The van der Waals surface area contributed by atoms with Gasteiger partial charge in [-0.15, -0.1) is 0 Å². The van der Waals surface area contributed by atoms with Gasteiger partial charge in [0.05, 0.1) is 33.4 Å². The molecule has 0 fully saturated rings. The highest BCUT2D eigenvalue weighted by Crippen LogP contribution is 2.49. The van der Waals surface area contributed by atoms with E-state index in [1.165, 1.54) is 22.3 Å². The second-order valence-electron chi connectivity index (χ2n) is 7.67. The Kier molecular flexibility index (Phi) is 4.66. The van der Waals surface area contributed by atoms with E-state index in [0.29, 0.717) is 12.8 Å². The molecule has 0 spiro atoms. The summed E-state index contributed by atoms with van der Waals surface area (Å²) in [7, 11) is 5.79. The van der Waals surface area contributed by atoms with Crippen molar-refractivity contribution in [1.82, 2.24) is 0 Å². The highest BCUT2D eigenvalue weighted by atomic mass is 127. The summed E-state index contributed by atoms with van der Waals surface area (Å²) in [6.45, 7) is 2.39. The lowest BCUT2D eigenvalue weighted by Gasteiger charge is -2.49. The van der Waals surface area contributed by atoms with Crippen LogP contribution < -0.4 is 42.9 Å². The van der Waals surface area contributed by atoms with Gasteiger partial charge in [-0.1, -0.05) is 6.07 Å². The zero-order valence-corrected chi connectivity index (χ0v) is 18.0. The molecule has 5 rings (SSSR count). The highest BCUT2D eigenvalue weighted by Gasteiger charge is 2.45. The number of hydrogen-bond donors (Lipinski definition) is 0. The fourth-order valence-electron chi connectivity index (χ4n) is 4.88. The second-order valence-corrected chi connectivity index (χ2v) is 7.67. The summed E-state index contributed by atoms with van der Waals surface area (Å²) < 4.78 is 23.5. The first-order chi connectivity index (χ1) is 12.6. The predicted molar refractivity (Wildman–Crippen MR) is 97.0 cm³/mol. The normalized spacial score (nSPS) is 24.2. The Morgan fingerprint density at radius 2 is 1.81 bits per heavy atom. The van der Waals surface area contributed by atoms with E-state index >= 15 is 0 Å². The van der Waals surface area contributed by atoms with Crippen molar-refractivity contribution in [3.8, 4) is 23.0 Å². The van der Waals surface area contributed by atoms with Gasteiger partial charge < -0.3 is 47.4 Å². The van der Waals surface area contributed by atoms with Gasteiger partial charge in [0.2, 0.25) is 6.79 Å². The monoisotopic (exact) mass is 481 g/mol. The maximum atomic E-state index is 5.72. The number of methoxy groups -OCH3 is 2. The maximum Gasteiger partial charge on any atom is 0.231 e. The number of likely N-dealkylation sites (N-methyl/N-ethyl adjacent to an activating group) is 1. The minimum absolute atomic E-state index is 0. The van der Waals surface area contributed by atoms with E-state index in [2.05, 4.69) is 25.2 Å². The molecule has 3 aliphatic heterocycles. The molecule has 0 saturated carbocycles. The molecule has 0 unspecified atom stereocenters. The van der Waals surface area contributed by atoms with E-state index in [1.54, 1.807) is 14.2 Å². The number of benzene rings is 2. The molecule has 0 bridgehead atoms. The van der Waals surface area contributed by atoms with Crippen LogP contribution in [0.15, 0.2) is 24.3 Å². The van der Waals surface area contributed by atoms with Crippen molar-refractivity contribution in [3.05, 3.63) is 46.5 Å². The van der Waals surface area contributed by atoms with Crippen LogP contribution in [0.25, 0.3) is 0 Å². The number of ether oxygens (including phenoxy) is 4. The van der Waals surface area contributed by atoms with Crippen molar-refractivity contribution in [1.29, 1.82) is 0 Å². The molecule has 5 nitrogen and oxygen atoms in total. The molecule has 3 heterocycles. The zero-order chi connectivity index (χ0) is 17.9. The van der Waals surface area contributed by atoms with E-state index in [4.69, 9.17) is 18.9 Å². The standard InChI is InChI=1S/C21H24NO4.HI/c1-22-7-6-14-9-19-20(26-12-25-19)10-15(14)17(22)8-13-4-5-18(23-2)21(24-3)16(13)11-22;/h4-5,9-10,17H,6-8,11-12H2,1-3H3;1H/q+1;/p-1/t17-,22+;/m1./s1. The molecule has 0 aromatic heterocycles. The summed E-state index contributed by atoms with van der Waals surface area (Å²) in [5, 5.41) is 0. The van der Waals surface area contributed by atoms with Crippen molar-refractivity contribution in [3.63, 3.8) is 0 Å². The first-order valence-corrected chi connectivity index (χ1v) is 9.12. The lowest BCUT2D eigenvalue weighted by atomic mass is 9.81. The molecule has 0 aliphatic carbocycles. The van der Waals surface area contributed by atoms with Crippen LogP contribution in [-0.2, 0) is 19.4 Å². The Bertz CT molecular complexity index is 900. The average molecular weight is 481 g/mol. The van der Waals surface area contributed by atoms with Crippen LogP contribution in [0.2, 0.25) is 0 Å². The van der Waals surface area contributed by atoms with Crippen molar-refractivity contribution < 1.29 is 47.4 Å². The van der Waals surface area contributed by atoms with Crippen LogP contribution in [0, 0.1) is 0 Å². The topological polar surface area (TPSA) is 36.9 Å². The smallest absolute Gasteiger partial charge is 0.231 e. The Hall–Kier alpha value is -1.67. The average Bonchev–Trinajstić information content (AvgIpc) is 3.11. The quantitative estimate of drug-likeness (QED) is 0.455. The van der Waals surface area contributed by atoms with Crippen LogP contribution in [0.5, 0.6) is 23.0 Å². The fraction of sp³-hybridized carbons (Fsp3) is 0.429. The summed E-state index contributed by atoms with van der Waals surface area (Å²) in [5.41, 5.74) is 5.45. The third kappa shape index (κ3) is 2.76. The van der Waals surface area contributed by atoms with E-state index in [1.807, 2.05) is 6.07 Å². The van der Waals surface area contributed by atoms with Crippen molar-refractivity contribution in [2.75, 3.05) is 34.6 Å². The third-order valence-electron chi connectivity index (χ3n) is 6.32. The molecule has 0 saturated heterocycles. The summed E-state index contributed by atoms with van der Waals surface area (Å²) in [6.07, 6.45) is 2.05. The number of nitrogens with zero attached hydrogens (tertiary/aromatic N) is 1. The van der Waals surface area contributed by atoms with Crippen LogP contribution in [0.1, 0.15) is 28.3 Å². The number of fused-ring (bicyclic) bond motifs is 5. The van der Waals surface area contributed by atoms with Gasteiger partial charge in [-0.3, -0.25) is 0 Å². The van der Waals surface area contributed by atoms with Gasteiger partial charge in [0.15, 0.2) is 23.0 Å². The van der Waals surface area contributed by atoms with Gasteiger partial charge in [-0.25, -0.2) is 0 Å². The van der Waals surface area contributed by atoms with Gasteiger partial charge in [-0.2, -0.15) is 0 Å². The molecule has 2 aromatic rings. The molecule has 0 radical (unpaired) electrons. The van der Waals surface area contributed by atoms with Crippen LogP contribution >= 0.6 is 0 Å². The van der Waals surface area contributed by atoms with Gasteiger partial charge in [0.25, 0.3) is 0 Å². The molecule has 3 aliphatic rings. The van der Waals surface area contributed by atoms with E-state index in [-0.39, 0.29) is 24.0 Å².